The van der Waals surface area contributed by atoms with E-state index in [1.807, 2.05) is 0 Å². The van der Waals surface area contributed by atoms with E-state index in [2.05, 4.69) is 5.32 Å². The molecule has 7 heteroatoms. The fraction of sp³-hybridized carbons (Fsp3) is 0.263. The third-order valence-electron chi connectivity index (χ3n) is 4.38. The standard InChI is InChI=1S/C19H17Cl2NO4/c20-13-4-1-2-6-15(13)26-16-7-3-5-14(21)17(16)18(23)22-12-9-8-11(10-12)19(24)25/h1-7,11-12H,8-10H2,(H,22,23)(H,24,25)/t11-,12+/m0/s1. The first-order valence-corrected chi connectivity index (χ1v) is 8.96. The molecule has 1 aliphatic rings. The first-order valence-electron chi connectivity index (χ1n) is 8.20. The van der Waals surface area contributed by atoms with E-state index in [-0.39, 0.29) is 22.4 Å². The first kappa shape index (κ1) is 18.5. The zero-order valence-electron chi connectivity index (χ0n) is 13.7. The minimum absolute atomic E-state index is 0.201. The van der Waals surface area contributed by atoms with Crippen LogP contribution in [0.15, 0.2) is 42.5 Å². The van der Waals surface area contributed by atoms with E-state index in [0.717, 1.165) is 0 Å². The van der Waals surface area contributed by atoms with E-state index in [0.29, 0.717) is 30.0 Å². The van der Waals surface area contributed by atoms with Gasteiger partial charge in [0, 0.05) is 6.04 Å². The molecule has 0 heterocycles. The van der Waals surface area contributed by atoms with E-state index in [4.69, 9.17) is 33.0 Å². The van der Waals surface area contributed by atoms with Crippen molar-refractivity contribution in [3.05, 3.63) is 58.1 Å². The van der Waals surface area contributed by atoms with Gasteiger partial charge in [-0.25, -0.2) is 0 Å². The molecule has 26 heavy (non-hydrogen) atoms. The lowest BCUT2D eigenvalue weighted by Gasteiger charge is -2.16. The predicted molar refractivity (Wildman–Crippen MR) is 99.2 cm³/mol. The Morgan fingerprint density at radius 2 is 1.69 bits per heavy atom. The number of hydrogen-bond donors (Lipinski definition) is 2. The molecule has 0 saturated heterocycles. The maximum Gasteiger partial charge on any atom is 0.306 e. The number of nitrogens with one attached hydrogen (secondary N) is 1. The molecule has 136 valence electrons. The average Bonchev–Trinajstić information content (AvgIpc) is 3.06. The molecule has 3 rings (SSSR count). The Hall–Kier alpha value is -2.24. The van der Waals surface area contributed by atoms with Crippen molar-refractivity contribution in [2.45, 2.75) is 25.3 Å². The number of halogens is 2. The molecule has 0 aromatic heterocycles. The van der Waals surface area contributed by atoms with Crippen LogP contribution in [0.1, 0.15) is 29.6 Å². The van der Waals surface area contributed by atoms with Gasteiger partial charge in [0.1, 0.15) is 17.1 Å². The number of aliphatic carboxylic acids is 1. The normalized spacial score (nSPS) is 19.2. The minimum atomic E-state index is -0.831. The van der Waals surface area contributed by atoms with Crippen LogP contribution in [0.2, 0.25) is 10.0 Å². The summed E-state index contributed by atoms with van der Waals surface area (Å²) in [4.78, 5) is 23.8. The maximum atomic E-state index is 12.7. The summed E-state index contributed by atoms with van der Waals surface area (Å²) in [6, 6.07) is 11.7. The highest BCUT2D eigenvalue weighted by atomic mass is 35.5. The van der Waals surface area contributed by atoms with E-state index < -0.39 is 17.8 Å². The summed E-state index contributed by atoms with van der Waals surface area (Å²) in [5.74, 6) is -0.950. The first-order chi connectivity index (χ1) is 12.5. The molecule has 0 unspecified atom stereocenters. The van der Waals surface area contributed by atoms with Crippen molar-refractivity contribution in [3.63, 3.8) is 0 Å². The van der Waals surface area contributed by atoms with Crippen LogP contribution in [0.5, 0.6) is 11.5 Å². The number of carbonyl (C=O) groups is 2. The summed E-state index contributed by atoms with van der Waals surface area (Å²) >= 11 is 12.3. The molecule has 2 aromatic carbocycles. The third kappa shape index (κ3) is 4.11. The Labute approximate surface area is 160 Å². The predicted octanol–water partition coefficient (Wildman–Crippen LogP) is 4.77. The van der Waals surface area contributed by atoms with Crippen LogP contribution in [0.3, 0.4) is 0 Å². The van der Waals surface area contributed by atoms with Crippen molar-refractivity contribution in [3.8, 4) is 11.5 Å². The van der Waals surface area contributed by atoms with Crippen LogP contribution >= 0.6 is 23.2 Å². The van der Waals surface area contributed by atoms with E-state index in [1.165, 1.54) is 0 Å². The van der Waals surface area contributed by atoms with Gasteiger partial charge in [-0.1, -0.05) is 41.4 Å². The lowest BCUT2D eigenvalue weighted by molar-refractivity contribution is -0.141. The van der Waals surface area contributed by atoms with E-state index in [9.17, 15) is 9.59 Å². The number of ether oxygens (including phenoxy) is 1. The van der Waals surface area contributed by atoms with Crippen molar-refractivity contribution in [2.75, 3.05) is 0 Å². The Morgan fingerprint density at radius 1 is 1.00 bits per heavy atom. The maximum absolute atomic E-state index is 12.7. The lowest BCUT2D eigenvalue weighted by atomic mass is 10.1. The van der Waals surface area contributed by atoms with Crippen molar-refractivity contribution in [1.82, 2.24) is 5.32 Å². The monoisotopic (exact) mass is 393 g/mol. The second-order valence-electron chi connectivity index (χ2n) is 6.16. The molecule has 0 aliphatic heterocycles. The highest BCUT2D eigenvalue weighted by molar-refractivity contribution is 6.34. The highest BCUT2D eigenvalue weighted by Crippen LogP contribution is 2.34. The van der Waals surface area contributed by atoms with Gasteiger partial charge in [-0.2, -0.15) is 0 Å². The van der Waals surface area contributed by atoms with E-state index >= 15 is 0 Å². The molecule has 1 amide bonds. The fourth-order valence-corrected chi connectivity index (χ4v) is 3.48. The molecular weight excluding hydrogens is 377 g/mol. The lowest BCUT2D eigenvalue weighted by Crippen LogP contribution is -2.33. The van der Waals surface area contributed by atoms with Gasteiger partial charge >= 0.3 is 5.97 Å². The fourth-order valence-electron chi connectivity index (χ4n) is 3.05. The number of para-hydroxylation sites is 1. The minimum Gasteiger partial charge on any atom is -0.481 e. The largest absolute Gasteiger partial charge is 0.481 e. The van der Waals surface area contributed by atoms with Crippen LogP contribution < -0.4 is 10.1 Å². The summed E-state index contributed by atoms with van der Waals surface area (Å²) in [6.07, 6.45) is 1.58. The summed E-state index contributed by atoms with van der Waals surface area (Å²) in [6.45, 7) is 0. The van der Waals surface area contributed by atoms with Gasteiger partial charge in [0.25, 0.3) is 5.91 Å². The molecule has 0 radical (unpaired) electrons. The number of carboxylic acids is 1. The Kier molecular flexibility index (Phi) is 5.69. The van der Waals surface area contributed by atoms with Crippen molar-refractivity contribution >= 4 is 35.1 Å². The van der Waals surface area contributed by atoms with Crippen LogP contribution in [0.4, 0.5) is 0 Å². The van der Waals surface area contributed by atoms with Gasteiger partial charge in [-0.3, -0.25) is 9.59 Å². The van der Waals surface area contributed by atoms with Gasteiger partial charge in [0.2, 0.25) is 0 Å². The number of amides is 1. The van der Waals surface area contributed by atoms with Gasteiger partial charge < -0.3 is 15.2 Å². The smallest absolute Gasteiger partial charge is 0.306 e. The Bertz CT molecular complexity index is 840. The molecular formula is C19H17Cl2NO4. The Morgan fingerprint density at radius 3 is 2.38 bits per heavy atom. The van der Waals surface area contributed by atoms with Gasteiger partial charge in [0.05, 0.1) is 16.0 Å². The molecule has 1 saturated carbocycles. The van der Waals surface area contributed by atoms with E-state index in [1.54, 1.807) is 42.5 Å². The molecule has 2 atom stereocenters. The molecule has 0 spiro atoms. The zero-order valence-corrected chi connectivity index (χ0v) is 15.3. The topological polar surface area (TPSA) is 75.6 Å². The second-order valence-corrected chi connectivity index (χ2v) is 6.98. The summed E-state index contributed by atoms with van der Waals surface area (Å²) in [5.41, 5.74) is 0.202. The quantitative estimate of drug-likeness (QED) is 0.766. The van der Waals surface area contributed by atoms with Crippen molar-refractivity contribution in [1.29, 1.82) is 0 Å². The van der Waals surface area contributed by atoms with Crippen LogP contribution in [0, 0.1) is 5.92 Å². The molecule has 2 N–H and O–H groups in total. The second kappa shape index (κ2) is 7.98. The molecule has 0 bridgehead atoms. The SMILES string of the molecule is O=C(N[C@@H]1CC[C@H](C(=O)O)C1)c1c(Cl)cccc1Oc1ccccc1Cl. The molecule has 2 aromatic rings. The van der Waals surface area contributed by atoms with Crippen LogP contribution in [0.25, 0.3) is 0 Å². The molecule has 1 fully saturated rings. The van der Waals surface area contributed by atoms with Crippen LogP contribution in [-0.2, 0) is 4.79 Å². The Balaban J connectivity index is 1.80. The average molecular weight is 394 g/mol. The summed E-state index contributed by atoms with van der Waals surface area (Å²) in [7, 11) is 0. The van der Waals surface area contributed by atoms with Crippen molar-refractivity contribution < 1.29 is 19.4 Å². The number of hydrogen-bond acceptors (Lipinski definition) is 3. The number of carbonyl (C=O) groups excluding carboxylic acids is 1. The third-order valence-corrected chi connectivity index (χ3v) is 5.00. The summed E-state index contributed by atoms with van der Waals surface area (Å²) < 4.78 is 5.79. The number of rotatable bonds is 5. The molecule has 5 nitrogen and oxygen atoms in total. The van der Waals surface area contributed by atoms with Crippen LogP contribution in [-0.4, -0.2) is 23.0 Å². The van der Waals surface area contributed by atoms with Crippen molar-refractivity contribution in [2.24, 2.45) is 5.92 Å². The highest BCUT2D eigenvalue weighted by Gasteiger charge is 2.31. The zero-order chi connectivity index (χ0) is 18.7. The summed E-state index contributed by atoms with van der Waals surface area (Å²) in [5, 5.41) is 12.6. The van der Waals surface area contributed by atoms with Gasteiger partial charge in [-0.15, -0.1) is 0 Å². The van der Waals surface area contributed by atoms with Gasteiger partial charge in [0.15, 0.2) is 0 Å². The molecule has 1 aliphatic carbocycles. The number of benzene rings is 2. The van der Waals surface area contributed by atoms with Gasteiger partial charge in [-0.05, 0) is 43.5 Å². The number of carboxylic acid groups (broad SMARTS) is 1.